The van der Waals surface area contributed by atoms with Gasteiger partial charge >= 0.3 is 24.3 Å². The summed E-state index contributed by atoms with van der Waals surface area (Å²) in [5.74, 6) is -3.86. The number of hydrogen-bond donors (Lipinski definition) is 7. The van der Waals surface area contributed by atoms with E-state index in [2.05, 4.69) is 26.3 Å². The molecule has 2 aromatic heterocycles. The number of carbonyl (C=O) groups is 10. The summed E-state index contributed by atoms with van der Waals surface area (Å²) in [4.78, 5) is 141. The van der Waals surface area contributed by atoms with Crippen LogP contribution in [-0.2, 0) is 54.2 Å². The molecule has 4 aromatic carbocycles. The van der Waals surface area contributed by atoms with E-state index in [1.165, 1.54) is 53.3 Å². The Hall–Kier alpha value is -10.2. The molecule has 0 saturated carbocycles. The smallest absolute Gasteiger partial charge is 0.415 e. The number of nitrogens with zero attached hydrogens (tertiary/aromatic N) is 6. The van der Waals surface area contributed by atoms with Crippen molar-refractivity contribution in [3.63, 3.8) is 0 Å². The number of carbonyl (C=O) groups excluding carboxylic acids is 10. The van der Waals surface area contributed by atoms with Crippen LogP contribution in [-0.4, -0.2) is 218 Å². The van der Waals surface area contributed by atoms with Crippen molar-refractivity contribution < 1.29 is 91.3 Å². The van der Waals surface area contributed by atoms with Crippen molar-refractivity contribution in [1.29, 1.82) is 0 Å². The largest absolute Gasteiger partial charge is 0.508 e. The summed E-state index contributed by atoms with van der Waals surface area (Å²) in [6, 6.07) is 21.0. The minimum atomic E-state index is -1.02. The number of Topliss-reactive ketones (excluding diaryl/α,β-unsaturated/α-hetero) is 1. The number of nitrogens with two attached hydrogens (primary N) is 1. The molecule has 31 heteroatoms. The number of nitrogens with one attached hydrogen (secondary N) is 4. The van der Waals surface area contributed by atoms with Gasteiger partial charge in [0.25, 0.3) is 23.6 Å². The summed E-state index contributed by atoms with van der Waals surface area (Å²) in [5, 5.41) is 31.2. The van der Waals surface area contributed by atoms with Gasteiger partial charge in [-0.15, -0.1) is 11.6 Å². The van der Waals surface area contributed by atoms with Crippen LogP contribution in [0, 0.1) is 18.8 Å². The maximum absolute atomic E-state index is 14.6. The zero-order chi connectivity index (χ0) is 72.5. The Morgan fingerprint density at radius 1 is 0.772 bits per heavy atom. The van der Waals surface area contributed by atoms with Gasteiger partial charge in [-0.3, -0.25) is 33.7 Å². The number of aromatic nitrogens is 2. The number of ether oxygens (including phenoxy) is 7. The number of anilines is 3. The number of imidazole rings is 1. The number of urea groups is 1. The molecule has 10 amide bonds. The fourth-order valence-corrected chi connectivity index (χ4v) is 11.4. The molecule has 101 heavy (non-hydrogen) atoms. The fraction of sp³-hybridized carbons (Fsp3) is 0.414. The summed E-state index contributed by atoms with van der Waals surface area (Å²) in [5.41, 5.74) is 9.55. The van der Waals surface area contributed by atoms with Crippen LogP contribution in [0.3, 0.4) is 0 Å². The van der Waals surface area contributed by atoms with Crippen LogP contribution in [0.15, 0.2) is 109 Å². The van der Waals surface area contributed by atoms with Gasteiger partial charge in [-0.05, 0) is 96.3 Å². The number of alkyl carbamates (subject to hydrolysis) is 1. The molecule has 2 aliphatic rings. The number of phenolic OH excluding ortho intramolecular Hbond substituents is 1. The minimum Gasteiger partial charge on any atom is -0.508 e. The molecule has 0 saturated heterocycles. The molecular formula is C70H84ClN11O19. The zero-order valence-corrected chi connectivity index (χ0v) is 57.3. The van der Waals surface area contributed by atoms with E-state index in [1.807, 2.05) is 25.1 Å². The Labute approximate surface area is 587 Å². The monoisotopic (exact) mass is 1420 g/mol. The fourth-order valence-electron chi connectivity index (χ4n) is 11.1. The molecule has 4 heterocycles. The SMILES string of the molecule is Cc1cccc2c(OC(=O)N(CCOCCO)CCN(C)C(=O)OCc3ccc(NC(=O)[C@H](CCCNC(N)=O)CC(=O)[C@@H](NC(=O)OCCOCCOCCOCCN4C(=O)C=CC4=O)C(C)C)cc3)cc3c(c12)[C@H](CCl)CN3C(=O)c1cn2cc(NC(=O)c3ccc(O)cc3)ccc2n1. The van der Waals surface area contributed by atoms with Gasteiger partial charge in [0.2, 0.25) is 5.91 Å². The van der Waals surface area contributed by atoms with E-state index in [1.54, 1.807) is 78.0 Å². The Bertz CT molecular complexity index is 3930. The third-order valence-corrected chi connectivity index (χ3v) is 16.8. The van der Waals surface area contributed by atoms with E-state index in [4.69, 9.17) is 50.5 Å². The van der Waals surface area contributed by atoms with Crippen LogP contribution < -0.4 is 36.6 Å². The Morgan fingerprint density at radius 2 is 1.46 bits per heavy atom. The second-order valence-corrected chi connectivity index (χ2v) is 24.3. The number of phenols is 1. The van der Waals surface area contributed by atoms with Gasteiger partial charge in [-0.2, -0.15) is 0 Å². The molecule has 2 aliphatic heterocycles. The first-order valence-corrected chi connectivity index (χ1v) is 33.4. The number of aromatic hydroxyl groups is 1. The average molecular weight is 1420 g/mol. The van der Waals surface area contributed by atoms with Gasteiger partial charge in [0.15, 0.2) is 5.78 Å². The highest BCUT2D eigenvalue weighted by Crippen LogP contribution is 2.47. The van der Waals surface area contributed by atoms with Crippen molar-refractivity contribution in [3.05, 3.63) is 137 Å². The Balaban J connectivity index is 0.826. The lowest BCUT2D eigenvalue weighted by molar-refractivity contribution is -0.137. The van der Waals surface area contributed by atoms with Crippen molar-refractivity contribution in [2.24, 2.45) is 17.6 Å². The summed E-state index contributed by atoms with van der Waals surface area (Å²) in [7, 11) is 1.49. The molecule has 3 atom stereocenters. The van der Waals surface area contributed by atoms with E-state index in [0.717, 1.165) is 21.4 Å². The predicted octanol–water partition coefficient (Wildman–Crippen LogP) is 6.50. The minimum absolute atomic E-state index is 0.00239. The highest BCUT2D eigenvalue weighted by molar-refractivity contribution is 6.19. The van der Waals surface area contributed by atoms with Crippen molar-refractivity contribution in [2.75, 3.05) is 134 Å². The molecule has 0 bridgehead atoms. The highest BCUT2D eigenvalue weighted by Gasteiger charge is 2.38. The number of rotatable bonds is 38. The number of likely N-dealkylation sites (N-methyl/N-ethyl adjacent to an activating group) is 1. The number of imide groups is 1. The summed E-state index contributed by atoms with van der Waals surface area (Å²) < 4.78 is 40.6. The average Bonchev–Trinajstić information content (AvgIpc) is 1.62. The molecule has 30 nitrogen and oxygen atoms in total. The number of amides is 10. The number of alkyl halides is 1. The second-order valence-electron chi connectivity index (χ2n) is 24.0. The first-order valence-electron chi connectivity index (χ1n) is 32.8. The van der Waals surface area contributed by atoms with Crippen LogP contribution >= 0.6 is 11.6 Å². The van der Waals surface area contributed by atoms with Gasteiger partial charge in [-0.25, -0.2) is 24.2 Å². The number of ketones is 1. The number of aliphatic hydroxyl groups is 1. The van der Waals surface area contributed by atoms with Gasteiger partial charge in [0, 0.05) is 111 Å². The summed E-state index contributed by atoms with van der Waals surface area (Å²) in [6.45, 7) is 6.27. The number of fused-ring (bicyclic) bond motifs is 4. The van der Waals surface area contributed by atoms with Gasteiger partial charge in [0.1, 0.15) is 36.1 Å². The van der Waals surface area contributed by atoms with Crippen LogP contribution in [0.2, 0.25) is 0 Å². The van der Waals surface area contributed by atoms with Gasteiger partial charge < -0.3 is 89.5 Å². The van der Waals surface area contributed by atoms with Gasteiger partial charge in [-0.1, -0.05) is 44.2 Å². The first-order chi connectivity index (χ1) is 48.6. The molecule has 0 spiro atoms. The number of benzene rings is 4. The number of hydrogen-bond acceptors (Lipinski definition) is 20. The Kier molecular flexibility index (Phi) is 28.6. The number of primary amides is 1. The standard InChI is InChI=1S/C70H84ClN11O19/c1-44(2)63(77-68(92)99-36-35-98-34-33-97-32-31-96-29-26-81-59(86)20-21-60(81)87)56(85)37-48(8-6-22-73-67(72)91)65(89)74-50-14-10-46(11-15-50)43-100-69(93)78(4)23-24-79(25-28-95-30-27-83)70(94)101-57-38-55-62(61-45(3)7-5-9-53(57)61)49(39-71)40-82(55)66(90)54-42-80-41-51(16-19-58(80)76-54)75-64(88)47-12-17-52(84)18-13-47/h5,7,9-21,38,41-42,44,48-49,63,83-84H,6,8,22-37,39-40,43H2,1-4H3,(H,74,89)(H,75,88)(H,77,92)(H3,72,73,91)/t48-,49-,63+/m1/s1. The molecular weight excluding hydrogens is 1330 g/mol. The quantitative estimate of drug-likeness (QED) is 0.0123. The number of aryl methyl sites for hydroxylation is 1. The van der Waals surface area contributed by atoms with Crippen LogP contribution in [0.4, 0.5) is 36.2 Å². The lowest BCUT2D eigenvalue weighted by atomic mass is 9.89. The highest BCUT2D eigenvalue weighted by atomic mass is 35.5. The Morgan fingerprint density at radius 3 is 2.14 bits per heavy atom. The first kappa shape index (κ1) is 76.5. The molecule has 6 aromatic rings. The molecule has 0 aliphatic carbocycles. The van der Waals surface area contributed by atoms with Crippen LogP contribution in [0.25, 0.3) is 16.4 Å². The third kappa shape index (κ3) is 21.9. The van der Waals surface area contributed by atoms with E-state index in [-0.39, 0.29) is 172 Å². The summed E-state index contributed by atoms with van der Waals surface area (Å²) >= 11 is 6.65. The topological polar surface area (TPSA) is 380 Å². The molecule has 8 N–H and O–H groups in total. The number of pyridine rings is 1. The molecule has 0 unspecified atom stereocenters. The lowest BCUT2D eigenvalue weighted by Crippen LogP contribution is -2.46. The molecule has 540 valence electrons. The van der Waals surface area contributed by atoms with E-state index >= 15 is 0 Å². The second kappa shape index (κ2) is 37.8. The van der Waals surface area contributed by atoms with Crippen molar-refractivity contribution in [1.82, 2.24) is 34.7 Å². The third-order valence-electron chi connectivity index (χ3n) is 16.4. The molecule has 8 rings (SSSR count). The van der Waals surface area contributed by atoms with Gasteiger partial charge in [0.05, 0.1) is 83.4 Å². The number of halogens is 1. The van der Waals surface area contributed by atoms with Crippen molar-refractivity contribution in [2.45, 2.75) is 58.6 Å². The van der Waals surface area contributed by atoms with E-state index in [0.29, 0.717) is 39.2 Å². The number of aliphatic hydroxyl groups excluding tert-OH is 1. The van der Waals surface area contributed by atoms with Crippen molar-refractivity contribution in [3.8, 4) is 11.5 Å². The molecule has 0 fully saturated rings. The maximum Gasteiger partial charge on any atom is 0.415 e. The van der Waals surface area contributed by atoms with Crippen LogP contribution in [0.5, 0.6) is 11.5 Å². The normalized spacial score (nSPS) is 13.8. The zero-order valence-electron chi connectivity index (χ0n) is 56.5. The maximum atomic E-state index is 14.6. The predicted molar refractivity (Wildman–Crippen MR) is 370 cm³/mol. The lowest BCUT2D eigenvalue weighted by Gasteiger charge is -2.26. The summed E-state index contributed by atoms with van der Waals surface area (Å²) in [6.07, 6.45) is 3.36. The van der Waals surface area contributed by atoms with E-state index < -0.39 is 65.7 Å². The van der Waals surface area contributed by atoms with Crippen LogP contribution in [0.1, 0.15) is 76.6 Å². The van der Waals surface area contributed by atoms with Crippen molar-refractivity contribution >= 4 is 105 Å². The molecule has 0 radical (unpaired) electrons. The van der Waals surface area contributed by atoms with E-state index in [9.17, 15) is 58.2 Å².